The summed E-state index contributed by atoms with van der Waals surface area (Å²) < 4.78 is 40.0. The predicted octanol–water partition coefficient (Wildman–Crippen LogP) is 3.62. The fourth-order valence-electron chi connectivity index (χ4n) is 3.41. The van der Waals surface area contributed by atoms with Crippen molar-refractivity contribution in [2.24, 2.45) is 5.92 Å². The maximum Gasteiger partial charge on any atom is 0.228 e. The van der Waals surface area contributed by atoms with E-state index in [-0.39, 0.29) is 18.2 Å². The maximum absolute atomic E-state index is 13.0. The molecular formula is C21H25FN2O3S. The molecule has 1 saturated heterocycles. The number of halogens is 1. The van der Waals surface area contributed by atoms with E-state index in [1.807, 2.05) is 32.0 Å². The Kier molecular flexibility index (Phi) is 6.15. The summed E-state index contributed by atoms with van der Waals surface area (Å²) in [5, 5.41) is 2.95. The molecule has 1 N–H and O–H groups in total. The van der Waals surface area contributed by atoms with Crippen LogP contribution >= 0.6 is 0 Å². The third-order valence-electron chi connectivity index (χ3n) is 5.27. The van der Waals surface area contributed by atoms with Crippen molar-refractivity contribution in [3.8, 4) is 0 Å². The number of rotatable bonds is 5. The second kappa shape index (κ2) is 8.41. The van der Waals surface area contributed by atoms with Gasteiger partial charge < -0.3 is 5.32 Å². The van der Waals surface area contributed by atoms with Crippen molar-refractivity contribution in [2.45, 2.75) is 32.4 Å². The standard InChI is InChI=1S/C21H25FN2O3S/c1-15-5-3-7-20(16(15)2)23-21(25)18-6-4-12-24(13-18)28(26,27)14-17-8-10-19(22)11-9-17/h3,5,7-11,18H,4,6,12-14H2,1-2H3,(H,23,25). The highest BCUT2D eigenvalue weighted by Crippen LogP contribution is 2.24. The first-order valence-corrected chi connectivity index (χ1v) is 11.0. The van der Waals surface area contributed by atoms with Gasteiger partial charge >= 0.3 is 0 Å². The predicted molar refractivity (Wildman–Crippen MR) is 108 cm³/mol. The van der Waals surface area contributed by atoms with Crippen LogP contribution in [0.3, 0.4) is 0 Å². The summed E-state index contributed by atoms with van der Waals surface area (Å²) in [5.41, 5.74) is 3.39. The monoisotopic (exact) mass is 404 g/mol. The van der Waals surface area contributed by atoms with E-state index < -0.39 is 21.8 Å². The first-order valence-electron chi connectivity index (χ1n) is 9.35. The second-order valence-corrected chi connectivity index (χ2v) is 9.29. The Balaban J connectivity index is 1.68. The van der Waals surface area contributed by atoms with Crippen molar-refractivity contribution >= 4 is 21.6 Å². The average Bonchev–Trinajstić information content (AvgIpc) is 2.67. The summed E-state index contributed by atoms with van der Waals surface area (Å²) in [5.74, 6) is -1.15. The fraction of sp³-hybridized carbons (Fsp3) is 0.381. The summed E-state index contributed by atoms with van der Waals surface area (Å²) in [4.78, 5) is 12.7. The van der Waals surface area contributed by atoms with Gasteiger partial charge in [-0.3, -0.25) is 4.79 Å². The lowest BCUT2D eigenvalue weighted by Gasteiger charge is -2.31. The summed E-state index contributed by atoms with van der Waals surface area (Å²) in [6.45, 7) is 4.50. The molecule has 0 radical (unpaired) electrons. The molecule has 0 saturated carbocycles. The molecule has 7 heteroatoms. The van der Waals surface area contributed by atoms with Crippen LogP contribution in [0.4, 0.5) is 10.1 Å². The first-order chi connectivity index (χ1) is 13.3. The molecule has 5 nitrogen and oxygen atoms in total. The van der Waals surface area contributed by atoms with Crippen LogP contribution in [-0.2, 0) is 20.6 Å². The van der Waals surface area contributed by atoms with Crippen LogP contribution < -0.4 is 5.32 Å². The van der Waals surface area contributed by atoms with E-state index in [4.69, 9.17) is 0 Å². The van der Waals surface area contributed by atoms with E-state index in [1.54, 1.807) is 0 Å². The number of nitrogens with one attached hydrogen (secondary N) is 1. The van der Waals surface area contributed by atoms with E-state index in [9.17, 15) is 17.6 Å². The quantitative estimate of drug-likeness (QED) is 0.828. The Labute approximate surface area is 165 Å². The molecule has 0 aromatic heterocycles. The number of nitrogens with zero attached hydrogens (tertiary/aromatic N) is 1. The van der Waals surface area contributed by atoms with Crippen LogP contribution in [0.2, 0.25) is 0 Å². The zero-order chi connectivity index (χ0) is 20.3. The van der Waals surface area contributed by atoms with Gasteiger partial charge in [-0.1, -0.05) is 24.3 Å². The van der Waals surface area contributed by atoms with Gasteiger partial charge in [-0.2, -0.15) is 0 Å². The lowest BCUT2D eigenvalue weighted by atomic mass is 9.98. The van der Waals surface area contributed by atoms with Gasteiger partial charge in [0.15, 0.2) is 0 Å². The topological polar surface area (TPSA) is 66.5 Å². The fourth-order valence-corrected chi connectivity index (χ4v) is 5.02. The molecule has 0 aliphatic carbocycles. The Morgan fingerprint density at radius 3 is 2.61 bits per heavy atom. The number of aryl methyl sites for hydroxylation is 1. The van der Waals surface area contributed by atoms with E-state index in [2.05, 4.69) is 5.32 Å². The van der Waals surface area contributed by atoms with E-state index in [1.165, 1.54) is 28.6 Å². The lowest BCUT2D eigenvalue weighted by Crippen LogP contribution is -2.44. The molecule has 150 valence electrons. The van der Waals surface area contributed by atoms with Gasteiger partial charge in [-0.05, 0) is 61.6 Å². The molecule has 0 bridgehead atoms. The number of hydrogen-bond acceptors (Lipinski definition) is 3. The minimum Gasteiger partial charge on any atom is -0.326 e. The molecule has 2 aromatic carbocycles. The molecule has 0 spiro atoms. The minimum absolute atomic E-state index is 0.157. The molecule has 1 amide bonds. The molecule has 28 heavy (non-hydrogen) atoms. The van der Waals surface area contributed by atoms with E-state index in [0.717, 1.165) is 16.8 Å². The van der Waals surface area contributed by atoms with Gasteiger partial charge in [0.2, 0.25) is 15.9 Å². The summed E-state index contributed by atoms with van der Waals surface area (Å²) in [7, 11) is -3.57. The highest BCUT2D eigenvalue weighted by Gasteiger charge is 2.32. The second-order valence-electron chi connectivity index (χ2n) is 7.32. The molecule has 3 rings (SSSR count). The molecular weight excluding hydrogens is 379 g/mol. The summed E-state index contributed by atoms with van der Waals surface area (Å²) in [6, 6.07) is 11.2. The number of anilines is 1. The molecule has 1 aliphatic heterocycles. The molecule has 1 atom stereocenters. The molecule has 1 unspecified atom stereocenters. The smallest absolute Gasteiger partial charge is 0.228 e. The van der Waals surface area contributed by atoms with Crippen molar-refractivity contribution in [2.75, 3.05) is 18.4 Å². The van der Waals surface area contributed by atoms with Gasteiger partial charge in [-0.15, -0.1) is 0 Å². The molecule has 2 aromatic rings. The Bertz CT molecular complexity index is 958. The van der Waals surface area contributed by atoms with Gasteiger partial charge in [0, 0.05) is 18.8 Å². The van der Waals surface area contributed by atoms with Crippen LogP contribution in [0.15, 0.2) is 42.5 Å². The molecule has 1 aliphatic rings. The molecule has 1 heterocycles. The van der Waals surface area contributed by atoms with Crippen molar-refractivity contribution in [3.63, 3.8) is 0 Å². The largest absolute Gasteiger partial charge is 0.326 e. The van der Waals surface area contributed by atoms with Crippen molar-refractivity contribution < 1.29 is 17.6 Å². The Morgan fingerprint density at radius 2 is 1.89 bits per heavy atom. The zero-order valence-electron chi connectivity index (χ0n) is 16.1. The average molecular weight is 405 g/mol. The normalized spacial score (nSPS) is 18.0. The van der Waals surface area contributed by atoms with Gasteiger partial charge in [-0.25, -0.2) is 17.1 Å². The maximum atomic E-state index is 13.0. The number of piperidine rings is 1. The number of carbonyl (C=O) groups excluding carboxylic acids is 1. The third-order valence-corrected chi connectivity index (χ3v) is 7.09. The Morgan fingerprint density at radius 1 is 1.18 bits per heavy atom. The van der Waals surface area contributed by atoms with Crippen LogP contribution in [-0.4, -0.2) is 31.7 Å². The number of benzene rings is 2. The zero-order valence-corrected chi connectivity index (χ0v) is 16.9. The summed E-state index contributed by atoms with van der Waals surface area (Å²) in [6.07, 6.45) is 1.28. The van der Waals surface area contributed by atoms with E-state index >= 15 is 0 Å². The van der Waals surface area contributed by atoms with Crippen LogP contribution in [0.5, 0.6) is 0 Å². The van der Waals surface area contributed by atoms with Crippen molar-refractivity contribution in [3.05, 3.63) is 65.0 Å². The SMILES string of the molecule is Cc1cccc(NC(=O)C2CCCN(S(=O)(=O)Cc3ccc(F)cc3)C2)c1C. The lowest BCUT2D eigenvalue weighted by molar-refractivity contribution is -0.120. The van der Waals surface area contributed by atoms with Crippen LogP contribution in [0, 0.1) is 25.6 Å². The van der Waals surface area contributed by atoms with Crippen LogP contribution in [0.1, 0.15) is 29.5 Å². The highest BCUT2D eigenvalue weighted by atomic mass is 32.2. The number of sulfonamides is 1. The van der Waals surface area contributed by atoms with Crippen molar-refractivity contribution in [1.82, 2.24) is 4.31 Å². The number of hydrogen-bond donors (Lipinski definition) is 1. The minimum atomic E-state index is -3.57. The first kappa shape index (κ1) is 20.5. The van der Waals surface area contributed by atoms with Crippen LogP contribution in [0.25, 0.3) is 0 Å². The molecule has 1 fully saturated rings. The number of amides is 1. The summed E-state index contributed by atoms with van der Waals surface area (Å²) >= 11 is 0. The Hall–Kier alpha value is -2.25. The van der Waals surface area contributed by atoms with E-state index in [0.29, 0.717) is 24.9 Å². The number of carbonyl (C=O) groups is 1. The third kappa shape index (κ3) is 4.77. The van der Waals surface area contributed by atoms with Gasteiger partial charge in [0.25, 0.3) is 0 Å². The van der Waals surface area contributed by atoms with Crippen molar-refractivity contribution in [1.29, 1.82) is 0 Å². The highest BCUT2D eigenvalue weighted by molar-refractivity contribution is 7.88. The van der Waals surface area contributed by atoms with Gasteiger partial charge in [0.05, 0.1) is 11.7 Å². The van der Waals surface area contributed by atoms with Gasteiger partial charge in [0.1, 0.15) is 5.82 Å².